The van der Waals surface area contributed by atoms with Gasteiger partial charge in [-0.1, -0.05) is 13.8 Å². The smallest absolute Gasteiger partial charge is 0.308 e. The number of aromatic amines is 1. The minimum atomic E-state index is -0.838. The monoisotopic (exact) mass is 251 g/mol. The van der Waals surface area contributed by atoms with Crippen molar-refractivity contribution in [2.75, 3.05) is 13.1 Å². The van der Waals surface area contributed by atoms with Gasteiger partial charge in [-0.05, 0) is 18.4 Å². The van der Waals surface area contributed by atoms with Crippen LogP contribution in [0.5, 0.6) is 0 Å². The van der Waals surface area contributed by atoms with Gasteiger partial charge in [0.1, 0.15) is 5.69 Å². The number of likely N-dealkylation sites (tertiary alicyclic amines) is 1. The van der Waals surface area contributed by atoms with Crippen molar-refractivity contribution in [3.05, 3.63) is 17.5 Å². The molecule has 0 spiro atoms. The zero-order chi connectivity index (χ0) is 13.3. The van der Waals surface area contributed by atoms with Crippen LogP contribution in [0, 0.1) is 5.92 Å². The number of carbonyl (C=O) groups is 2. The van der Waals surface area contributed by atoms with Crippen molar-refractivity contribution in [1.82, 2.24) is 15.1 Å². The summed E-state index contributed by atoms with van der Waals surface area (Å²) in [5, 5.41) is 15.7. The van der Waals surface area contributed by atoms with Crippen LogP contribution in [0.2, 0.25) is 0 Å². The Balaban J connectivity index is 2.05. The third-order valence-corrected chi connectivity index (χ3v) is 3.26. The number of aromatic nitrogens is 2. The third-order valence-electron chi connectivity index (χ3n) is 3.26. The van der Waals surface area contributed by atoms with E-state index in [1.165, 1.54) is 0 Å². The molecule has 2 rings (SSSR count). The van der Waals surface area contributed by atoms with Crippen LogP contribution in [0.15, 0.2) is 6.07 Å². The van der Waals surface area contributed by atoms with Crippen LogP contribution < -0.4 is 0 Å². The molecule has 6 nitrogen and oxygen atoms in total. The van der Waals surface area contributed by atoms with Crippen LogP contribution in [0.3, 0.4) is 0 Å². The molecule has 6 heteroatoms. The molecule has 1 aromatic heterocycles. The quantitative estimate of drug-likeness (QED) is 0.841. The summed E-state index contributed by atoms with van der Waals surface area (Å²) in [5.41, 5.74) is 1.28. The number of hydrogen-bond donors (Lipinski definition) is 2. The molecule has 0 aromatic carbocycles. The normalized spacial score (nSPS) is 19.5. The number of hydrogen-bond acceptors (Lipinski definition) is 3. The van der Waals surface area contributed by atoms with Gasteiger partial charge in [0.15, 0.2) is 0 Å². The van der Waals surface area contributed by atoms with Crippen molar-refractivity contribution in [3.63, 3.8) is 0 Å². The van der Waals surface area contributed by atoms with E-state index in [1.807, 2.05) is 13.8 Å². The van der Waals surface area contributed by atoms with E-state index in [-0.39, 0.29) is 18.4 Å². The lowest BCUT2D eigenvalue weighted by Gasteiger charge is -2.13. The van der Waals surface area contributed by atoms with Gasteiger partial charge in [0.05, 0.1) is 5.92 Å². The zero-order valence-electron chi connectivity index (χ0n) is 10.5. The Morgan fingerprint density at radius 1 is 1.56 bits per heavy atom. The maximum atomic E-state index is 12.1. The van der Waals surface area contributed by atoms with E-state index in [0.717, 1.165) is 5.69 Å². The summed E-state index contributed by atoms with van der Waals surface area (Å²) in [6.07, 6.45) is 0.516. The molecular formula is C12H17N3O3. The fourth-order valence-corrected chi connectivity index (χ4v) is 2.05. The number of carbonyl (C=O) groups excluding carboxylic acids is 1. The van der Waals surface area contributed by atoms with Gasteiger partial charge in [0.25, 0.3) is 5.91 Å². The van der Waals surface area contributed by atoms with E-state index in [1.54, 1.807) is 11.0 Å². The number of carboxylic acid groups (broad SMARTS) is 1. The zero-order valence-corrected chi connectivity index (χ0v) is 10.5. The largest absolute Gasteiger partial charge is 0.481 e. The second-order valence-corrected chi connectivity index (χ2v) is 4.94. The Bertz CT molecular complexity index is 467. The maximum absolute atomic E-state index is 12.1. The van der Waals surface area contributed by atoms with Crippen LogP contribution in [0.4, 0.5) is 0 Å². The van der Waals surface area contributed by atoms with Crippen molar-refractivity contribution in [1.29, 1.82) is 0 Å². The van der Waals surface area contributed by atoms with E-state index in [2.05, 4.69) is 10.2 Å². The summed E-state index contributed by atoms with van der Waals surface area (Å²) in [7, 11) is 0. The standard InChI is InChI=1S/C12H17N3O3/c1-7(2)9-5-10(14-13-9)11(16)15-4-3-8(6-15)12(17)18/h5,7-8H,3-4,6H2,1-2H3,(H,13,14)(H,17,18). The Kier molecular flexibility index (Phi) is 3.36. The summed E-state index contributed by atoms with van der Waals surface area (Å²) in [4.78, 5) is 24.5. The fourth-order valence-electron chi connectivity index (χ4n) is 2.05. The van der Waals surface area contributed by atoms with Gasteiger partial charge in [-0.3, -0.25) is 14.7 Å². The highest BCUT2D eigenvalue weighted by atomic mass is 16.4. The Hall–Kier alpha value is -1.85. The average molecular weight is 251 g/mol. The molecule has 98 valence electrons. The van der Waals surface area contributed by atoms with Crippen molar-refractivity contribution in [2.24, 2.45) is 5.92 Å². The summed E-state index contributed by atoms with van der Waals surface area (Å²) < 4.78 is 0. The second-order valence-electron chi connectivity index (χ2n) is 4.94. The molecular weight excluding hydrogens is 234 g/mol. The molecule has 0 radical (unpaired) electrons. The van der Waals surface area contributed by atoms with Crippen molar-refractivity contribution < 1.29 is 14.7 Å². The number of aliphatic carboxylic acids is 1. The fraction of sp³-hybridized carbons (Fsp3) is 0.583. The first-order valence-corrected chi connectivity index (χ1v) is 6.06. The Morgan fingerprint density at radius 3 is 2.78 bits per heavy atom. The average Bonchev–Trinajstić information content (AvgIpc) is 2.97. The van der Waals surface area contributed by atoms with E-state index in [4.69, 9.17) is 5.11 Å². The van der Waals surface area contributed by atoms with Gasteiger partial charge >= 0.3 is 5.97 Å². The molecule has 1 fully saturated rings. The molecule has 0 saturated carbocycles. The van der Waals surface area contributed by atoms with Gasteiger partial charge in [0, 0.05) is 18.8 Å². The summed E-state index contributed by atoms with van der Waals surface area (Å²) in [5.74, 6) is -1.20. The number of H-pyrrole nitrogens is 1. The lowest BCUT2D eigenvalue weighted by Crippen LogP contribution is -2.30. The minimum Gasteiger partial charge on any atom is -0.481 e. The first-order chi connectivity index (χ1) is 8.49. The molecule has 1 aliphatic rings. The third kappa shape index (κ3) is 2.37. The lowest BCUT2D eigenvalue weighted by atomic mass is 10.1. The highest BCUT2D eigenvalue weighted by Gasteiger charge is 2.32. The van der Waals surface area contributed by atoms with Crippen molar-refractivity contribution in [2.45, 2.75) is 26.2 Å². The molecule has 1 aromatic rings. The predicted octanol–water partition coefficient (Wildman–Crippen LogP) is 1.08. The first-order valence-electron chi connectivity index (χ1n) is 6.06. The van der Waals surface area contributed by atoms with Crippen molar-refractivity contribution in [3.8, 4) is 0 Å². The molecule has 1 saturated heterocycles. The van der Waals surface area contributed by atoms with E-state index >= 15 is 0 Å². The second kappa shape index (κ2) is 4.80. The number of nitrogens with zero attached hydrogens (tertiary/aromatic N) is 2. The molecule has 1 aliphatic heterocycles. The van der Waals surface area contributed by atoms with E-state index in [0.29, 0.717) is 18.7 Å². The van der Waals surface area contributed by atoms with Crippen LogP contribution in [0.25, 0.3) is 0 Å². The van der Waals surface area contributed by atoms with Crippen LogP contribution in [-0.4, -0.2) is 45.2 Å². The van der Waals surface area contributed by atoms with Crippen LogP contribution >= 0.6 is 0 Å². The Morgan fingerprint density at radius 2 is 2.28 bits per heavy atom. The highest BCUT2D eigenvalue weighted by molar-refractivity contribution is 5.93. The van der Waals surface area contributed by atoms with Gasteiger partial charge in [-0.25, -0.2) is 0 Å². The topological polar surface area (TPSA) is 86.3 Å². The van der Waals surface area contributed by atoms with Crippen LogP contribution in [0.1, 0.15) is 42.4 Å². The molecule has 2 heterocycles. The van der Waals surface area contributed by atoms with Crippen LogP contribution in [-0.2, 0) is 4.79 Å². The number of amides is 1. The molecule has 1 unspecified atom stereocenters. The van der Waals surface area contributed by atoms with E-state index < -0.39 is 11.9 Å². The molecule has 1 amide bonds. The SMILES string of the molecule is CC(C)c1cc(C(=O)N2CCC(C(=O)O)C2)n[nH]1. The number of carboxylic acids is 1. The summed E-state index contributed by atoms with van der Waals surface area (Å²) in [6, 6.07) is 1.74. The highest BCUT2D eigenvalue weighted by Crippen LogP contribution is 2.19. The molecule has 0 aliphatic carbocycles. The van der Waals surface area contributed by atoms with Gasteiger partial charge < -0.3 is 10.0 Å². The summed E-state index contributed by atoms with van der Waals surface area (Å²) in [6.45, 7) is 4.79. The van der Waals surface area contributed by atoms with Gasteiger partial charge in [-0.15, -0.1) is 0 Å². The molecule has 18 heavy (non-hydrogen) atoms. The Labute approximate surface area is 105 Å². The van der Waals surface area contributed by atoms with Gasteiger partial charge in [-0.2, -0.15) is 5.10 Å². The molecule has 2 N–H and O–H groups in total. The van der Waals surface area contributed by atoms with E-state index in [9.17, 15) is 9.59 Å². The summed E-state index contributed by atoms with van der Waals surface area (Å²) >= 11 is 0. The molecule has 1 atom stereocenters. The minimum absolute atomic E-state index is 0.193. The first kappa shape index (κ1) is 12.6. The van der Waals surface area contributed by atoms with Gasteiger partial charge in [0.2, 0.25) is 0 Å². The number of rotatable bonds is 3. The molecule has 0 bridgehead atoms. The lowest BCUT2D eigenvalue weighted by molar-refractivity contribution is -0.141. The maximum Gasteiger partial charge on any atom is 0.308 e. The van der Waals surface area contributed by atoms with Crippen molar-refractivity contribution >= 4 is 11.9 Å². The number of nitrogens with one attached hydrogen (secondary N) is 1. The predicted molar refractivity (Wildman–Crippen MR) is 64.3 cm³/mol.